The molecule has 1 aliphatic carbocycles. The number of nitrogens with one attached hydrogen (secondary N) is 1. The van der Waals surface area contributed by atoms with Crippen LogP contribution in [0, 0.1) is 37.0 Å². The van der Waals surface area contributed by atoms with E-state index in [1.807, 2.05) is 32.0 Å². The molecule has 1 N–H and O–H groups in total. The number of carbonyl (C=O) groups excluding carboxylic acids is 1. The van der Waals surface area contributed by atoms with Gasteiger partial charge in [-0.2, -0.15) is 10.2 Å². The second-order valence-electron chi connectivity index (χ2n) is 11.1. The van der Waals surface area contributed by atoms with Gasteiger partial charge < -0.3 is 9.64 Å². The van der Waals surface area contributed by atoms with Crippen LogP contribution in [0.2, 0.25) is 0 Å². The van der Waals surface area contributed by atoms with Crippen molar-refractivity contribution in [2.75, 3.05) is 11.3 Å². The molecule has 5 rings (SSSR count). The molecule has 1 atom stereocenters. The van der Waals surface area contributed by atoms with E-state index in [2.05, 4.69) is 34.6 Å². The van der Waals surface area contributed by atoms with Crippen LogP contribution in [-0.2, 0) is 10.0 Å². The van der Waals surface area contributed by atoms with E-state index in [0.717, 1.165) is 16.7 Å². The Kier molecular flexibility index (Phi) is 7.51. The van der Waals surface area contributed by atoms with Crippen molar-refractivity contribution in [1.29, 1.82) is 5.26 Å². The number of ether oxygens (including phenoxy) is 1. The molecule has 40 heavy (non-hydrogen) atoms. The highest BCUT2D eigenvalue weighted by Gasteiger charge is 2.40. The summed E-state index contributed by atoms with van der Waals surface area (Å²) in [4.78, 5) is 24.7. The number of hydrogen-bond donors (Lipinski definition) is 1. The number of hydrogen-bond acceptors (Lipinski definition) is 7. The predicted molar refractivity (Wildman–Crippen MR) is 151 cm³/mol. The third-order valence-corrected chi connectivity index (χ3v) is 8.87. The van der Waals surface area contributed by atoms with Crippen molar-refractivity contribution < 1.29 is 17.9 Å². The van der Waals surface area contributed by atoms with Crippen molar-refractivity contribution in [3.8, 4) is 23.2 Å². The van der Waals surface area contributed by atoms with Crippen molar-refractivity contribution in [1.82, 2.24) is 14.9 Å². The minimum atomic E-state index is -4.12. The number of aryl methyl sites for hydroxylation is 2. The van der Waals surface area contributed by atoms with Crippen LogP contribution in [0.25, 0.3) is 11.3 Å². The van der Waals surface area contributed by atoms with Crippen LogP contribution < -0.4 is 9.46 Å². The van der Waals surface area contributed by atoms with Gasteiger partial charge in [0.05, 0.1) is 28.6 Å². The van der Waals surface area contributed by atoms with E-state index in [9.17, 15) is 18.5 Å². The van der Waals surface area contributed by atoms with E-state index in [0.29, 0.717) is 25.0 Å². The quantitative estimate of drug-likeness (QED) is 0.471. The highest BCUT2D eigenvalue weighted by molar-refractivity contribution is 7.92. The first kappa shape index (κ1) is 27.6. The second kappa shape index (κ2) is 10.9. The first-order valence-electron chi connectivity index (χ1n) is 13.5. The van der Waals surface area contributed by atoms with Crippen molar-refractivity contribution in [3.63, 3.8) is 0 Å². The molecular formula is C30H33N5O4S. The van der Waals surface area contributed by atoms with Gasteiger partial charge in [-0.15, -0.1) is 0 Å². The van der Waals surface area contributed by atoms with E-state index in [-0.39, 0.29) is 58.7 Å². The normalized spacial score (nSPS) is 22.1. The van der Waals surface area contributed by atoms with Gasteiger partial charge in [0.2, 0.25) is 11.8 Å². The highest BCUT2D eigenvalue weighted by atomic mass is 32.2. The van der Waals surface area contributed by atoms with Gasteiger partial charge in [-0.25, -0.2) is 18.1 Å². The molecule has 1 amide bonds. The predicted octanol–water partition coefficient (Wildman–Crippen LogP) is 5.11. The Hall–Kier alpha value is -3.97. The average Bonchev–Trinajstić information content (AvgIpc) is 2.87. The number of carbonyl (C=O) groups is 1. The number of rotatable bonds is 4. The van der Waals surface area contributed by atoms with Crippen LogP contribution in [0.15, 0.2) is 53.4 Å². The van der Waals surface area contributed by atoms with Crippen LogP contribution in [0.5, 0.6) is 5.88 Å². The molecule has 0 unspecified atom stereocenters. The van der Waals surface area contributed by atoms with Crippen molar-refractivity contribution in [2.45, 2.75) is 63.9 Å². The van der Waals surface area contributed by atoms with Gasteiger partial charge in [0.1, 0.15) is 6.61 Å². The molecule has 1 saturated carbocycles. The van der Waals surface area contributed by atoms with Gasteiger partial charge >= 0.3 is 0 Å². The molecule has 2 heterocycles. The van der Waals surface area contributed by atoms with E-state index in [4.69, 9.17) is 4.74 Å². The maximum atomic E-state index is 14.0. The van der Waals surface area contributed by atoms with Crippen molar-refractivity contribution in [2.24, 2.45) is 11.8 Å². The Morgan fingerprint density at radius 3 is 2.48 bits per heavy atom. The van der Waals surface area contributed by atoms with Gasteiger partial charge in [0.25, 0.3) is 15.9 Å². The van der Waals surface area contributed by atoms with Crippen molar-refractivity contribution >= 4 is 21.9 Å². The number of nitrogens with zero attached hydrogens (tertiary/aromatic N) is 4. The molecule has 1 fully saturated rings. The van der Waals surface area contributed by atoms with E-state index >= 15 is 0 Å². The summed E-state index contributed by atoms with van der Waals surface area (Å²) in [5, 5.41) is 9.40. The molecule has 2 aromatic carbocycles. The van der Waals surface area contributed by atoms with Crippen LogP contribution in [-0.4, -0.2) is 47.9 Å². The van der Waals surface area contributed by atoms with Crippen LogP contribution in [0.4, 0.5) is 5.95 Å². The third kappa shape index (κ3) is 5.52. The molecule has 10 heteroatoms. The lowest BCUT2D eigenvalue weighted by molar-refractivity contribution is 0.0217. The Labute approximate surface area is 235 Å². The van der Waals surface area contributed by atoms with Gasteiger partial charge in [-0.05, 0) is 68.4 Å². The summed E-state index contributed by atoms with van der Waals surface area (Å²) in [5.41, 5.74) is 3.63. The Balaban J connectivity index is 1.66. The summed E-state index contributed by atoms with van der Waals surface area (Å²) in [7, 11) is -4.12. The molecule has 1 aliphatic heterocycles. The molecule has 0 saturated heterocycles. The summed E-state index contributed by atoms with van der Waals surface area (Å²) in [6.07, 6.45) is 1.81. The number of anilines is 1. The standard InChI is InChI=1S/C30H33N5O4S/c1-18(2)11-24-17-39-27-15-26(28-19(3)7-5-8-20(28)4)32-30(33-27)34-40(37,38)25-10-6-9-22(14-25)29(36)35(24)23-12-21(13-23)16-31/h5-10,14-15,18,21,23-24H,11-13,17H2,1-4H3,(H,32,33,34)/t21-,23+,24-/m1/s1. The fourth-order valence-corrected chi connectivity index (χ4v) is 6.54. The SMILES string of the molecule is Cc1cccc(C)c1-c1cc2nc(n1)NS(=O)(=O)c1cccc(c1)C(=O)N([C@H]1C[C@@H](C#N)C1)[C@H](CC(C)C)CO2. The third-order valence-electron chi connectivity index (χ3n) is 7.54. The maximum Gasteiger partial charge on any atom is 0.264 e. The molecule has 2 aliphatic rings. The number of sulfonamides is 1. The maximum absolute atomic E-state index is 14.0. The minimum Gasteiger partial charge on any atom is -0.475 e. The zero-order chi connectivity index (χ0) is 28.6. The number of fused-ring (bicyclic) bond motifs is 4. The summed E-state index contributed by atoms with van der Waals surface area (Å²) >= 11 is 0. The first-order valence-corrected chi connectivity index (χ1v) is 15.0. The molecule has 208 valence electrons. The molecule has 9 nitrogen and oxygen atoms in total. The summed E-state index contributed by atoms with van der Waals surface area (Å²) in [5.74, 6) is -0.0321. The molecule has 4 bridgehead atoms. The highest BCUT2D eigenvalue weighted by Crippen LogP contribution is 2.36. The topological polar surface area (TPSA) is 125 Å². The summed E-state index contributed by atoms with van der Waals surface area (Å²) in [6, 6.07) is 15.5. The lowest BCUT2D eigenvalue weighted by Gasteiger charge is -2.45. The van der Waals surface area contributed by atoms with Gasteiger partial charge in [-0.1, -0.05) is 38.1 Å². The summed E-state index contributed by atoms with van der Waals surface area (Å²) < 4.78 is 35.6. The molecule has 0 radical (unpaired) electrons. The fraction of sp³-hybridized carbons (Fsp3) is 0.400. The Morgan fingerprint density at radius 1 is 1.10 bits per heavy atom. The smallest absolute Gasteiger partial charge is 0.264 e. The monoisotopic (exact) mass is 559 g/mol. The number of amides is 1. The first-order chi connectivity index (χ1) is 19.1. The Morgan fingerprint density at radius 2 is 1.80 bits per heavy atom. The lowest BCUT2D eigenvalue weighted by atomic mass is 9.79. The van der Waals surface area contributed by atoms with Crippen molar-refractivity contribution in [3.05, 3.63) is 65.2 Å². The Bertz CT molecular complexity index is 1570. The minimum absolute atomic E-state index is 0.0648. The van der Waals surface area contributed by atoms with Crippen LogP contribution >= 0.6 is 0 Å². The second-order valence-corrected chi connectivity index (χ2v) is 12.8. The largest absolute Gasteiger partial charge is 0.475 e. The van der Waals surface area contributed by atoms with E-state index in [1.165, 1.54) is 12.1 Å². The number of benzene rings is 2. The molecular weight excluding hydrogens is 526 g/mol. The lowest BCUT2D eigenvalue weighted by Crippen LogP contribution is -2.54. The molecule has 1 aromatic heterocycles. The van der Waals surface area contributed by atoms with Gasteiger partial charge in [-0.3, -0.25) is 4.79 Å². The van der Waals surface area contributed by atoms with Crippen LogP contribution in [0.1, 0.15) is 54.6 Å². The fourth-order valence-electron chi connectivity index (χ4n) is 5.55. The number of aromatic nitrogens is 2. The van der Waals surface area contributed by atoms with Crippen LogP contribution in [0.3, 0.4) is 0 Å². The summed E-state index contributed by atoms with van der Waals surface area (Å²) in [6.45, 7) is 8.27. The van der Waals surface area contributed by atoms with Gasteiger partial charge in [0.15, 0.2) is 0 Å². The average molecular weight is 560 g/mol. The zero-order valence-corrected chi connectivity index (χ0v) is 23.9. The van der Waals surface area contributed by atoms with Gasteiger partial charge in [0, 0.05) is 23.2 Å². The number of nitriles is 1. The van der Waals surface area contributed by atoms with E-state index in [1.54, 1.807) is 23.1 Å². The molecule has 3 aromatic rings. The van der Waals surface area contributed by atoms with E-state index < -0.39 is 10.0 Å². The molecule has 0 spiro atoms. The zero-order valence-electron chi connectivity index (χ0n) is 23.1.